The molecule has 3 aliphatic rings. The standard InChI is InChI=1S/C30H34N4O3/c1-36-25-12-9-22(10-13-25)30(35)34-19-23-8-5-15-31-29(23)32-26-14-11-24(18-27(26)34)33-16-17-37-28(20-33)21-6-3-2-4-7-21/h2-8,11,14-15,18,22,25,28H,9-10,12-13,16-17,19-20H2,1H3,(H,31,32)/t22?,25?,28-/m1/s1. The predicted octanol–water partition coefficient (Wildman–Crippen LogP) is 5.45. The molecule has 1 amide bonds. The number of hydrogen-bond donors (Lipinski definition) is 1. The maximum absolute atomic E-state index is 14.0. The molecule has 7 nitrogen and oxygen atoms in total. The number of ether oxygens (including phenoxy) is 2. The Morgan fingerprint density at radius 2 is 1.89 bits per heavy atom. The summed E-state index contributed by atoms with van der Waals surface area (Å²) >= 11 is 0. The van der Waals surface area contributed by atoms with Crippen molar-refractivity contribution in [1.82, 2.24) is 4.98 Å². The fraction of sp³-hybridized carbons (Fsp3) is 0.400. The monoisotopic (exact) mass is 498 g/mol. The van der Waals surface area contributed by atoms with E-state index in [1.54, 1.807) is 13.3 Å². The third kappa shape index (κ3) is 4.93. The van der Waals surface area contributed by atoms with Crippen LogP contribution in [0.1, 0.15) is 42.9 Å². The first-order valence-corrected chi connectivity index (χ1v) is 13.3. The number of nitrogens with zero attached hydrogens (tertiary/aromatic N) is 3. The lowest BCUT2D eigenvalue weighted by molar-refractivity contribution is -0.124. The zero-order chi connectivity index (χ0) is 25.2. The lowest BCUT2D eigenvalue weighted by Crippen LogP contribution is -2.39. The molecule has 0 unspecified atom stereocenters. The van der Waals surface area contributed by atoms with Crippen molar-refractivity contribution in [3.8, 4) is 0 Å². The van der Waals surface area contributed by atoms with E-state index >= 15 is 0 Å². The van der Waals surface area contributed by atoms with Gasteiger partial charge in [0, 0.05) is 43.6 Å². The number of aromatic nitrogens is 1. The lowest BCUT2D eigenvalue weighted by atomic mass is 9.86. The number of fused-ring (bicyclic) bond motifs is 2. The number of pyridine rings is 1. The second kappa shape index (κ2) is 10.5. The van der Waals surface area contributed by atoms with Crippen molar-refractivity contribution < 1.29 is 14.3 Å². The molecule has 1 N–H and O–H groups in total. The Hall–Kier alpha value is -3.42. The molecule has 192 valence electrons. The second-order valence-corrected chi connectivity index (χ2v) is 10.2. The molecule has 6 rings (SSSR count). The van der Waals surface area contributed by atoms with Gasteiger partial charge in [0.2, 0.25) is 5.91 Å². The Morgan fingerprint density at radius 1 is 1.05 bits per heavy atom. The average molecular weight is 499 g/mol. The molecule has 37 heavy (non-hydrogen) atoms. The van der Waals surface area contributed by atoms with Crippen LogP contribution < -0.4 is 15.1 Å². The van der Waals surface area contributed by atoms with Crippen LogP contribution in [0.15, 0.2) is 66.9 Å². The van der Waals surface area contributed by atoms with Crippen LogP contribution >= 0.6 is 0 Å². The molecule has 2 aliphatic heterocycles. The quantitative estimate of drug-likeness (QED) is 0.516. The normalized spacial score (nSPS) is 23.4. The Bertz CT molecular complexity index is 1240. The van der Waals surface area contributed by atoms with Gasteiger partial charge in [-0.2, -0.15) is 0 Å². The van der Waals surface area contributed by atoms with Crippen molar-refractivity contribution in [3.05, 3.63) is 78.0 Å². The third-order valence-corrected chi connectivity index (χ3v) is 7.97. The van der Waals surface area contributed by atoms with E-state index in [0.717, 1.165) is 67.2 Å². The van der Waals surface area contributed by atoms with Crippen LogP contribution in [0.4, 0.5) is 22.9 Å². The zero-order valence-electron chi connectivity index (χ0n) is 21.3. The number of nitrogens with one attached hydrogen (secondary N) is 1. The summed E-state index contributed by atoms with van der Waals surface area (Å²) in [5.41, 5.74) is 5.14. The minimum atomic E-state index is 0.00646. The van der Waals surface area contributed by atoms with Crippen molar-refractivity contribution in [2.24, 2.45) is 5.92 Å². The van der Waals surface area contributed by atoms with Crippen molar-refractivity contribution in [3.63, 3.8) is 0 Å². The maximum atomic E-state index is 14.0. The van der Waals surface area contributed by atoms with Crippen molar-refractivity contribution in [2.45, 2.75) is 44.4 Å². The summed E-state index contributed by atoms with van der Waals surface area (Å²) in [4.78, 5) is 22.9. The zero-order valence-corrected chi connectivity index (χ0v) is 21.3. The molecule has 1 aliphatic carbocycles. The number of amides is 1. The number of methoxy groups -OCH3 is 1. The number of rotatable bonds is 4. The van der Waals surface area contributed by atoms with Crippen LogP contribution in [0.25, 0.3) is 0 Å². The van der Waals surface area contributed by atoms with Gasteiger partial charge in [0.1, 0.15) is 11.9 Å². The molecule has 0 radical (unpaired) electrons. The predicted molar refractivity (Wildman–Crippen MR) is 145 cm³/mol. The summed E-state index contributed by atoms with van der Waals surface area (Å²) in [5.74, 6) is 1.01. The van der Waals surface area contributed by atoms with Crippen LogP contribution in [0.5, 0.6) is 0 Å². The van der Waals surface area contributed by atoms with Gasteiger partial charge >= 0.3 is 0 Å². The van der Waals surface area contributed by atoms with Gasteiger partial charge in [0.15, 0.2) is 0 Å². The Labute approximate surface area is 218 Å². The van der Waals surface area contributed by atoms with Gasteiger partial charge in [-0.25, -0.2) is 4.98 Å². The van der Waals surface area contributed by atoms with E-state index in [9.17, 15) is 4.79 Å². The fourth-order valence-electron chi connectivity index (χ4n) is 5.82. The highest BCUT2D eigenvalue weighted by atomic mass is 16.5. The van der Waals surface area contributed by atoms with E-state index in [-0.39, 0.29) is 24.0 Å². The maximum Gasteiger partial charge on any atom is 0.230 e. The van der Waals surface area contributed by atoms with Gasteiger partial charge in [-0.3, -0.25) is 4.79 Å². The van der Waals surface area contributed by atoms with Crippen LogP contribution in [0.3, 0.4) is 0 Å². The fourth-order valence-corrected chi connectivity index (χ4v) is 5.82. The highest BCUT2D eigenvalue weighted by Gasteiger charge is 2.33. The summed E-state index contributed by atoms with van der Waals surface area (Å²) < 4.78 is 11.7. The average Bonchev–Trinajstić information content (AvgIpc) is 3.14. The van der Waals surface area contributed by atoms with E-state index in [1.165, 1.54) is 5.56 Å². The molecule has 1 saturated carbocycles. The first kappa shape index (κ1) is 23.9. The summed E-state index contributed by atoms with van der Waals surface area (Å²) in [6.07, 6.45) is 5.65. The van der Waals surface area contributed by atoms with Gasteiger partial charge in [-0.05, 0) is 55.5 Å². The molecule has 1 aromatic heterocycles. The molecule has 3 heterocycles. The summed E-state index contributed by atoms with van der Waals surface area (Å²) in [6.45, 7) is 2.75. The topological polar surface area (TPSA) is 66.9 Å². The van der Waals surface area contributed by atoms with Gasteiger partial charge in [-0.1, -0.05) is 36.4 Å². The minimum absolute atomic E-state index is 0.00646. The Kier molecular flexibility index (Phi) is 6.81. The molecule has 1 saturated heterocycles. The van der Waals surface area contributed by atoms with Crippen molar-refractivity contribution >= 4 is 28.8 Å². The first-order valence-electron chi connectivity index (χ1n) is 13.3. The molecule has 0 bridgehead atoms. The van der Waals surface area contributed by atoms with Crippen LogP contribution in [0, 0.1) is 5.92 Å². The number of carbonyl (C=O) groups excluding carboxylic acids is 1. The largest absolute Gasteiger partial charge is 0.381 e. The van der Waals surface area contributed by atoms with Gasteiger partial charge in [0.05, 0.1) is 30.6 Å². The third-order valence-electron chi connectivity index (χ3n) is 7.97. The van der Waals surface area contributed by atoms with Gasteiger partial charge in [-0.15, -0.1) is 0 Å². The highest BCUT2D eigenvalue weighted by Crippen LogP contribution is 2.40. The number of carbonyl (C=O) groups is 1. The number of morpholine rings is 1. The van der Waals surface area contributed by atoms with Crippen molar-refractivity contribution in [2.75, 3.05) is 41.9 Å². The van der Waals surface area contributed by atoms with Crippen LogP contribution in [-0.2, 0) is 20.8 Å². The summed E-state index contributed by atoms with van der Waals surface area (Å²) in [6, 6.07) is 20.8. The second-order valence-electron chi connectivity index (χ2n) is 10.2. The number of anilines is 4. The van der Waals surface area contributed by atoms with Crippen molar-refractivity contribution in [1.29, 1.82) is 0 Å². The van der Waals surface area contributed by atoms with Crippen LogP contribution in [0.2, 0.25) is 0 Å². The molecule has 1 atom stereocenters. The number of benzene rings is 2. The lowest BCUT2D eigenvalue weighted by Gasteiger charge is -2.36. The van der Waals surface area contributed by atoms with E-state index in [1.807, 2.05) is 17.0 Å². The Morgan fingerprint density at radius 3 is 2.70 bits per heavy atom. The van der Waals surface area contributed by atoms with Gasteiger partial charge in [0.25, 0.3) is 0 Å². The minimum Gasteiger partial charge on any atom is -0.381 e. The first-order chi connectivity index (χ1) is 18.2. The van der Waals surface area contributed by atoms with E-state index in [0.29, 0.717) is 13.2 Å². The molecule has 2 aromatic carbocycles. The van der Waals surface area contributed by atoms with E-state index in [2.05, 4.69) is 63.7 Å². The highest BCUT2D eigenvalue weighted by molar-refractivity contribution is 6.00. The van der Waals surface area contributed by atoms with Gasteiger partial charge < -0.3 is 24.6 Å². The molecular weight excluding hydrogens is 464 g/mol. The summed E-state index contributed by atoms with van der Waals surface area (Å²) in [5, 5.41) is 3.50. The van der Waals surface area contributed by atoms with Crippen LogP contribution in [-0.4, -0.2) is 43.8 Å². The van der Waals surface area contributed by atoms with E-state index < -0.39 is 0 Å². The molecule has 2 fully saturated rings. The molecule has 3 aromatic rings. The smallest absolute Gasteiger partial charge is 0.230 e. The summed E-state index contributed by atoms with van der Waals surface area (Å²) in [7, 11) is 1.77. The Balaban J connectivity index is 1.31. The SMILES string of the molecule is COC1CCC(C(=O)N2Cc3cccnc3Nc3ccc(N4CCO[C@@H](c5ccccc5)C4)cc32)CC1. The molecule has 7 heteroatoms. The van der Waals surface area contributed by atoms with E-state index in [4.69, 9.17) is 9.47 Å². The molecular formula is C30H34N4O3. The molecule has 0 spiro atoms. The number of hydrogen-bond acceptors (Lipinski definition) is 6.